The number of rotatable bonds is 6. The van der Waals surface area contributed by atoms with Crippen molar-refractivity contribution in [3.63, 3.8) is 0 Å². The molecule has 1 aromatic carbocycles. The first-order valence-electron chi connectivity index (χ1n) is 8.90. The number of likely N-dealkylation sites (tertiary alicyclic amines) is 1. The van der Waals surface area contributed by atoms with Gasteiger partial charge < -0.3 is 18.9 Å². The number of hydrogen-bond donors (Lipinski definition) is 0. The lowest BCUT2D eigenvalue weighted by Crippen LogP contribution is -2.24. The number of carbonyl (C=O) groups is 1. The maximum Gasteiger partial charge on any atom is 0.258 e. The minimum atomic E-state index is -0.0908. The molecule has 8 nitrogen and oxygen atoms in total. The van der Waals surface area contributed by atoms with Gasteiger partial charge in [0.25, 0.3) is 5.89 Å². The van der Waals surface area contributed by atoms with Gasteiger partial charge >= 0.3 is 0 Å². The molecule has 1 aliphatic rings. The first kappa shape index (κ1) is 18.0. The van der Waals surface area contributed by atoms with Crippen molar-refractivity contribution >= 4 is 5.91 Å². The molecule has 1 atom stereocenters. The van der Waals surface area contributed by atoms with Crippen LogP contribution in [0.4, 0.5) is 0 Å². The predicted octanol–water partition coefficient (Wildman–Crippen LogP) is 2.66. The molecule has 0 spiro atoms. The van der Waals surface area contributed by atoms with Gasteiger partial charge in [0.05, 0.1) is 14.2 Å². The van der Waals surface area contributed by atoms with Crippen LogP contribution in [0.3, 0.4) is 0 Å². The molecule has 0 saturated carbocycles. The van der Waals surface area contributed by atoms with Crippen LogP contribution >= 0.6 is 0 Å². The van der Waals surface area contributed by atoms with Crippen LogP contribution in [-0.4, -0.2) is 46.7 Å². The summed E-state index contributed by atoms with van der Waals surface area (Å²) in [7, 11) is 3.19. The van der Waals surface area contributed by atoms with Gasteiger partial charge in [0.2, 0.25) is 5.91 Å². The van der Waals surface area contributed by atoms with E-state index in [9.17, 15) is 4.79 Å². The third-order valence-corrected chi connectivity index (χ3v) is 4.77. The van der Waals surface area contributed by atoms with Crippen molar-refractivity contribution in [1.82, 2.24) is 20.0 Å². The highest BCUT2D eigenvalue weighted by Gasteiger charge is 2.33. The van der Waals surface area contributed by atoms with Gasteiger partial charge in [-0.25, -0.2) is 0 Å². The normalized spacial score (nSPS) is 16.4. The lowest BCUT2D eigenvalue weighted by molar-refractivity contribution is -0.128. The zero-order chi connectivity index (χ0) is 19.5. The summed E-state index contributed by atoms with van der Waals surface area (Å²) in [6.45, 7) is 1.03. The highest BCUT2D eigenvalue weighted by atomic mass is 16.5. The summed E-state index contributed by atoms with van der Waals surface area (Å²) in [4.78, 5) is 22.7. The molecule has 3 aromatic rings. The van der Waals surface area contributed by atoms with Gasteiger partial charge in [-0.2, -0.15) is 4.98 Å². The van der Waals surface area contributed by atoms with Crippen LogP contribution in [0.25, 0.3) is 11.5 Å². The first-order valence-corrected chi connectivity index (χ1v) is 8.90. The van der Waals surface area contributed by atoms with E-state index in [4.69, 9.17) is 14.0 Å². The number of carbonyl (C=O) groups excluding carboxylic acids is 1. The number of hydrogen-bond acceptors (Lipinski definition) is 7. The van der Waals surface area contributed by atoms with Crippen molar-refractivity contribution in [2.75, 3.05) is 20.8 Å². The summed E-state index contributed by atoms with van der Waals surface area (Å²) >= 11 is 0. The zero-order valence-corrected chi connectivity index (χ0v) is 15.7. The number of amides is 1. The number of nitrogens with zero attached hydrogens (tertiary/aromatic N) is 4. The molecule has 1 amide bonds. The lowest BCUT2D eigenvalue weighted by Gasteiger charge is -2.17. The van der Waals surface area contributed by atoms with Crippen LogP contribution in [0.2, 0.25) is 0 Å². The summed E-state index contributed by atoms with van der Waals surface area (Å²) in [5.41, 5.74) is 1.78. The molecule has 1 unspecified atom stereocenters. The van der Waals surface area contributed by atoms with Crippen molar-refractivity contribution in [2.24, 2.45) is 0 Å². The molecule has 0 bridgehead atoms. The Hall–Kier alpha value is -3.42. The predicted molar refractivity (Wildman–Crippen MR) is 99.9 cm³/mol. The van der Waals surface area contributed by atoms with Crippen molar-refractivity contribution < 1.29 is 18.8 Å². The molecule has 28 heavy (non-hydrogen) atoms. The van der Waals surface area contributed by atoms with Crippen molar-refractivity contribution in [1.29, 1.82) is 0 Å². The summed E-state index contributed by atoms with van der Waals surface area (Å²) < 4.78 is 16.0. The minimum Gasteiger partial charge on any atom is -0.493 e. The Bertz CT molecular complexity index is 973. The van der Waals surface area contributed by atoms with Gasteiger partial charge in [-0.05, 0) is 29.8 Å². The Kier molecular flexibility index (Phi) is 4.92. The molecule has 1 fully saturated rings. The molecule has 0 radical (unpaired) electrons. The molecule has 8 heteroatoms. The Labute approximate surface area is 162 Å². The van der Waals surface area contributed by atoms with E-state index in [-0.39, 0.29) is 11.8 Å². The summed E-state index contributed by atoms with van der Waals surface area (Å²) in [6.07, 6.45) is 3.70. The van der Waals surface area contributed by atoms with Crippen LogP contribution in [0.1, 0.15) is 23.7 Å². The Morgan fingerprint density at radius 1 is 1.14 bits per heavy atom. The van der Waals surface area contributed by atoms with E-state index in [1.165, 1.54) is 0 Å². The minimum absolute atomic E-state index is 0.0649. The largest absolute Gasteiger partial charge is 0.493 e. The van der Waals surface area contributed by atoms with E-state index >= 15 is 0 Å². The molecule has 1 aliphatic heterocycles. The molecule has 4 rings (SSSR count). The monoisotopic (exact) mass is 380 g/mol. The van der Waals surface area contributed by atoms with Gasteiger partial charge in [-0.15, -0.1) is 0 Å². The maximum absolute atomic E-state index is 12.5. The van der Waals surface area contributed by atoms with Gasteiger partial charge in [-0.3, -0.25) is 9.78 Å². The van der Waals surface area contributed by atoms with E-state index in [1.807, 2.05) is 18.2 Å². The molecule has 3 heterocycles. The van der Waals surface area contributed by atoms with E-state index < -0.39 is 0 Å². The summed E-state index contributed by atoms with van der Waals surface area (Å²) in [5.74, 6) is 2.26. The molecule has 0 N–H and O–H groups in total. The van der Waals surface area contributed by atoms with E-state index in [2.05, 4.69) is 15.1 Å². The SMILES string of the molecule is COc1ccc(CN2CC(c3noc(-c4ccncc4)n3)CC2=O)cc1OC. The number of ether oxygens (including phenoxy) is 2. The molecule has 0 aliphatic carbocycles. The second-order valence-corrected chi connectivity index (χ2v) is 6.56. The standard InChI is InChI=1S/C20H20N4O4/c1-26-16-4-3-13(9-17(16)27-2)11-24-12-15(10-18(24)25)19-22-20(28-23-19)14-5-7-21-8-6-14/h3-9,15H,10-12H2,1-2H3. The number of aromatic nitrogens is 3. The quantitative estimate of drug-likeness (QED) is 0.649. The maximum atomic E-state index is 12.5. The third-order valence-electron chi connectivity index (χ3n) is 4.77. The van der Waals surface area contributed by atoms with Crippen molar-refractivity contribution in [2.45, 2.75) is 18.9 Å². The third kappa shape index (κ3) is 3.53. The fourth-order valence-electron chi connectivity index (χ4n) is 3.31. The van der Waals surface area contributed by atoms with Crippen LogP contribution in [0.15, 0.2) is 47.2 Å². The number of methoxy groups -OCH3 is 2. The van der Waals surface area contributed by atoms with Crippen LogP contribution in [0.5, 0.6) is 11.5 Å². The summed E-state index contributed by atoms with van der Waals surface area (Å²) in [6, 6.07) is 9.26. The van der Waals surface area contributed by atoms with Gasteiger partial charge in [0.15, 0.2) is 17.3 Å². The van der Waals surface area contributed by atoms with E-state index in [0.717, 1.165) is 11.1 Å². The second kappa shape index (κ2) is 7.67. The molecule has 1 saturated heterocycles. The average Bonchev–Trinajstić information content (AvgIpc) is 3.36. The van der Waals surface area contributed by atoms with Gasteiger partial charge in [0, 0.05) is 43.4 Å². The molecular formula is C20H20N4O4. The van der Waals surface area contributed by atoms with E-state index in [0.29, 0.717) is 42.7 Å². The van der Waals surface area contributed by atoms with E-state index in [1.54, 1.807) is 43.6 Å². The zero-order valence-electron chi connectivity index (χ0n) is 15.7. The second-order valence-electron chi connectivity index (χ2n) is 6.56. The molecular weight excluding hydrogens is 360 g/mol. The van der Waals surface area contributed by atoms with Gasteiger partial charge in [0.1, 0.15) is 0 Å². The highest BCUT2D eigenvalue weighted by molar-refractivity contribution is 5.79. The van der Waals surface area contributed by atoms with Crippen LogP contribution < -0.4 is 9.47 Å². The first-order chi connectivity index (χ1) is 13.7. The fourth-order valence-corrected chi connectivity index (χ4v) is 3.31. The number of benzene rings is 1. The summed E-state index contributed by atoms with van der Waals surface area (Å²) in [5, 5.41) is 4.08. The lowest BCUT2D eigenvalue weighted by atomic mass is 10.1. The Morgan fingerprint density at radius 3 is 2.68 bits per heavy atom. The smallest absolute Gasteiger partial charge is 0.258 e. The van der Waals surface area contributed by atoms with Crippen LogP contribution in [0, 0.1) is 0 Å². The van der Waals surface area contributed by atoms with Crippen molar-refractivity contribution in [3.05, 3.63) is 54.1 Å². The number of pyridine rings is 1. The van der Waals surface area contributed by atoms with Gasteiger partial charge in [-0.1, -0.05) is 11.2 Å². The topological polar surface area (TPSA) is 90.6 Å². The van der Waals surface area contributed by atoms with Crippen molar-refractivity contribution in [3.8, 4) is 23.0 Å². The Morgan fingerprint density at radius 2 is 1.93 bits per heavy atom. The molecule has 144 valence electrons. The molecule has 2 aromatic heterocycles. The average molecular weight is 380 g/mol. The Balaban J connectivity index is 1.47. The highest BCUT2D eigenvalue weighted by Crippen LogP contribution is 2.31. The fraction of sp³-hybridized carbons (Fsp3) is 0.300. The van der Waals surface area contributed by atoms with Crippen LogP contribution in [-0.2, 0) is 11.3 Å².